The SMILES string of the molecule is Cc1nc(-c2ccc(-c3ccc(C4(C(=O)O)CC4)cc3)cc2)c(NC(=O)OC(C)c2ccccc2)o1. The topological polar surface area (TPSA) is 102 Å². The summed E-state index contributed by atoms with van der Waals surface area (Å²) < 4.78 is 11.1. The zero-order chi connectivity index (χ0) is 25.3. The molecule has 182 valence electrons. The second-order valence-corrected chi connectivity index (χ2v) is 9.04. The van der Waals surface area contributed by atoms with E-state index in [4.69, 9.17) is 9.15 Å². The van der Waals surface area contributed by atoms with Crippen LogP contribution >= 0.6 is 0 Å². The summed E-state index contributed by atoms with van der Waals surface area (Å²) in [5.41, 5.74) is 4.28. The number of aryl methyl sites for hydroxylation is 1. The molecular weight excluding hydrogens is 456 g/mol. The van der Waals surface area contributed by atoms with E-state index in [1.54, 1.807) is 13.8 Å². The zero-order valence-electron chi connectivity index (χ0n) is 20.0. The number of hydrogen-bond donors (Lipinski definition) is 2. The number of ether oxygens (including phenoxy) is 1. The molecule has 1 aromatic heterocycles. The highest BCUT2D eigenvalue weighted by atomic mass is 16.6. The van der Waals surface area contributed by atoms with E-state index >= 15 is 0 Å². The van der Waals surface area contributed by atoms with E-state index in [1.807, 2.05) is 78.9 Å². The van der Waals surface area contributed by atoms with Crippen LogP contribution in [-0.2, 0) is 14.9 Å². The van der Waals surface area contributed by atoms with E-state index < -0.39 is 23.6 Å². The molecule has 1 fully saturated rings. The van der Waals surface area contributed by atoms with Crippen LogP contribution in [0, 0.1) is 6.92 Å². The lowest BCUT2D eigenvalue weighted by atomic mass is 9.93. The van der Waals surface area contributed by atoms with E-state index in [1.165, 1.54) is 0 Å². The molecule has 5 rings (SSSR count). The Hall–Kier alpha value is -4.39. The Kier molecular flexibility index (Phi) is 6.06. The molecular formula is C29H26N2O5. The zero-order valence-corrected chi connectivity index (χ0v) is 20.0. The van der Waals surface area contributed by atoms with Gasteiger partial charge in [0.25, 0.3) is 0 Å². The molecule has 7 nitrogen and oxygen atoms in total. The first-order valence-corrected chi connectivity index (χ1v) is 11.8. The molecule has 0 radical (unpaired) electrons. The second-order valence-electron chi connectivity index (χ2n) is 9.04. The molecule has 1 aliphatic carbocycles. The molecule has 0 aliphatic heterocycles. The Morgan fingerprint density at radius 3 is 2.11 bits per heavy atom. The minimum Gasteiger partial charge on any atom is -0.481 e. The van der Waals surface area contributed by atoms with Crippen molar-refractivity contribution in [2.45, 2.75) is 38.2 Å². The number of nitrogens with zero attached hydrogens (tertiary/aromatic N) is 1. The van der Waals surface area contributed by atoms with Gasteiger partial charge in [-0.3, -0.25) is 10.1 Å². The maximum atomic E-state index is 12.5. The number of oxazole rings is 1. The first-order valence-electron chi connectivity index (χ1n) is 11.8. The normalized spacial score (nSPS) is 14.6. The Morgan fingerprint density at radius 2 is 1.53 bits per heavy atom. The van der Waals surface area contributed by atoms with E-state index in [9.17, 15) is 14.7 Å². The van der Waals surface area contributed by atoms with Crippen molar-refractivity contribution >= 4 is 17.9 Å². The summed E-state index contributed by atoms with van der Waals surface area (Å²) in [4.78, 5) is 28.5. The Morgan fingerprint density at radius 1 is 0.944 bits per heavy atom. The molecule has 1 atom stereocenters. The number of carbonyl (C=O) groups is 2. The summed E-state index contributed by atoms with van der Waals surface area (Å²) in [5.74, 6) is -0.118. The van der Waals surface area contributed by atoms with Crippen molar-refractivity contribution < 1.29 is 23.8 Å². The van der Waals surface area contributed by atoms with Crippen LogP contribution in [0.3, 0.4) is 0 Å². The summed E-state index contributed by atoms with van der Waals surface area (Å²) >= 11 is 0. The number of hydrogen-bond acceptors (Lipinski definition) is 5. The number of carboxylic acid groups (broad SMARTS) is 1. The summed E-state index contributed by atoms with van der Waals surface area (Å²) in [6.07, 6.45) is 0.315. The number of carbonyl (C=O) groups excluding carboxylic acids is 1. The number of amides is 1. The Labute approximate surface area is 208 Å². The number of nitrogens with one attached hydrogen (secondary N) is 1. The third-order valence-electron chi connectivity index (χ3n) is 6.59. The molecule has 1 saturated carbocycles. The summed E-state index contributed by atoms with van der Waals surface area (Å²) in [6, 6.07) is 24.9. The van der Waals surface area contributed by atoms with Crippen LogP contribution in [0.5, 0.6) is 0 Å². The number of aromatic nitrogens is 1. The van der Waals surface area contributed by atoms with Gasteiger partial charge in [-0.05, 0) is 42.0 Å². The molecule has 0 spiro atoms. The maximum absolute atomic E-state index is 12.5. The monoisotopic (exact) mass is 482 g/mol. The predicted molar refractivity (Wildman–Crippen MR) is 136 cm³/mol. The standard InChI is InChI=1S/C29H26N2O5/c1-18(20-6-4-3-5-7-20)35-28(34)31-26-25(30-19(2)36-26)23-10-8-21(9-11-23)22-12-14-24(15-13-22)29(16-17-29)27(32)33/h3-15,18H,16-17H2,1-2H3,(H,31,34)(H,32,33). The second kappa shape index (κ2) is 9.34. The van der Waals surface area contributed by atoms with Crippen LogP contribution in [0.4, 0.5) is 10.7 Å². The molecule has 0 bridgehead atoms. The van der Waals surface area contributed by atoms with Crippen molar-refractivity contribution in [3.8, 4) is 22.4 Å². The van der Waals surface area contributed by atoms with Crippen molar-refractivity contribution in [2.75, 3.05) is 5.32 Å². The van der Waals surface area contributed by atoms with Gasteiger partial charge in [0.15, 0.2) is 5.89 Å². The lowest BCUT2D eigenvalue weighted by molar-refractivity contribution is -0.140. The highest BCUT2D eigenvalue weighted by molar-refractivity contribution is 5.88. The van der Waals surface area contributed by atoms with Crippen molar-refractivity contribution in [3.63, 3.8) is 0 Å². The molecule has 1 amide bonds. The molecule has 36 heavy (non-hydrogen) atoms. The molecule has 1 heterocycles. The first-order chi connectivity index (χ1) is 17.4. The van der Waals surface area contributed by atoms with Crippen LogP contribution in [0.2, 0.25) is 0 Å². The van der Waals surface area contributed by atoms with Gasteiger partial charge in [-0.1, -0.05) is 78.9 Å². The van der Waals surface area contributed by atoms with Gasteiger partial charge in [0.1, 0.15) is 11.8 Å². The highest BCUT2D eigenvalue weighted by Crippen LogP contribution is 2.48. The molecule has 1 unspecified atom stereocenters. The average Bonchev–Trinajstić information content (AvgIpc) is 3.63. The number of carboxylic acids is 1. The van der Waals surface area contributed by atoms with Crippen LogP contribution in [0.15, 0.2) is 83.3 Å². The maximum Gasteiger partial charge on any atom is 0.414 e. The fourth-order valence-electron chi connectivity index (χ4n) is 4.34. The number of aliphatic carboxylic acids is 1. The fraction of sp³-hybridized carbons (Fsp3) is 0.207. The Bertz CT molecular complexity index is 1390. The summed E-state index contributed by atoms with van der Waals surface area (Å²) in [6.45, 7) is 3.52. The first kappa shape index (κ1) is 23.4. The van der Waals surface area contributed by atoms with Gasteiger partial charge in [0.2, 0.25) is 5.88 Å². The van der Waals surface area contributed by atoms with Gasteiger partial charge in [0.05, 0.1) is 5.41 Å². The Balaban J connectivity index is 1.30. The minimum absolute atomic E-state index is 0.221. The van der Waals surface area contributed by atoms with Gasteiger partial charge in [-0.2, -0.15) is 0 Å². The molecule has 3 aromatic carbocycles. The van der Waals surface area contributed by atoms with Gasteiger partial charge < -0.3 is 14.3 Å². The van der Waals surface area contributed by atoms with Crippen molar-refractivity contribution in [3.05, 3.63) is 95.9 Å². The van der Waals surface area contributed by atoms with Crippen molar-refractivity contribution in [1.29, 1.82) is 0 Å². The fourth-order valence-corrected chi connectivity index (χ4v) is 4.34. The van der Waals surface area contributed by atoms with Crippen LogP contribution in [0.1, 0.15) is 42.9 Å². The highest BCUT2D eigenvalue weighted by Gasteiger charge is 2.51. The average molecular weight is 483 g/mol. The summed E-state index contributed by atoms with van der Waals surface area (Å²) in [5, 5.41) is 12.2. The summed E-state index contributed by atoms with van der Waals surface area (Å²) in [7, 11) is 0. The third-order valence-corrected chi connectivity index (χ3v) is 6.59. The van der Waals surface area contributed by atoms with Crippen molar-refractivity contribution in [1.82, 2.24) is 4.98 Å². The predicted octanol–water partition coefficient (Wildman–Crippen LogP) is 6.74. The van der Waals surface area contributed by atoms with Gasteiger partial charge >= 0.3 is 12.1 Å². The van der Waals surface area contributed by atoms with Gasteiger partial charge in [-0.25, -0.2) is 9.78 Å². The molecule has 2 N–H and O–H groups in total. The quantitative estimate of drug-likeness (QED) is 0.302. The van der Waals surface area contributed by atoms with E-state index in [0.29, 0.717) is 24.4 Å². The third kappa shape index (κ3) is 4.60. The van der Waals surface area contributed by atoms with E-state index in [2.05, 4.69) is 10.3 Å². The lowest BCUT2D eigenvalue weighted by Gasteiger charge is -2.13. The molecule has 1 aliphatic rings. The van der Waals surface area contributed by atoms with Gasteiger partial charge in [-0.15, -0.1) is 0 Å². The number of anilines is 1. The van der Waals surface area contributed by atoms with Crippen molar-refractivity contribution in [2.24, 2.45) is 0 Å². The number of rotatable bonds is 7. The minimum atomic E-state index is -0.759. The molecule has 7 heteroatoms. The molecule has 4 aromatic rings. The molecule has 0 saturated heterocycles. The number of benzene rings is 3. The van der Waals surface area contributed by atoms with Gasteiger partial charge in [0, 0.05) is 12.5 Å². The van der Waals surface area contributed by atoms with E-state index in [-0.39, 0.29) is 5.88 Å². The lowest BCUT2D eigenvalue weighted by Crippen LogP contribution is -2.19. The van der Waals surface area contributed by atoms with Crippen LogP contribution < -0.4 is 5.32 Å². The largest absolute Gasteiger partial charge is 0.481 e. The van der Waals surface area contributed by atoms with E-state index in [0.717, 1.165) is 27.8 Å². The van der Waals surface area contributed by atoms with Crippen LogP contribution in [-0.4, -0.2) is 22.2 Å². The smallest absolute Gasteiger partial charge is 0.414 e. The van der Waals surface area contributed by atoms with Crippen LogP contribution in [0.25, 0.3) is 22.4 Å².